The van der Waals surface area contributed by atoms with Gasteiger partial charge in [-0.3, -0.25) is 9.36 Å². The Kier molecular flexibility index (Phi) is 6.80. The van der Waals surface area contributed by atoms with Crippen LogP contribution >= 0.6 is 38.9 Å². The van der Waals surface area contributed by atoms with Gasteiger partial charge in [-0.15, -0.1) is 0 Å². The highest BCUT2D eigenvalue weighted by atomic mass is 79.9. The van der Waals surface area contributed by atoms with Crippen molar-refractivity contribution in [1.82, 2.24) is 4.57 Å². The van der Waals surface area contributed by atoms with Crippen LogP contribution in [0.3, 0.4) is 0 Å². The minimum absolute atomic E-state index is 0.0945. The number of carbonyl (C=O) groups is 1. The fraction of sp³-hybridized carbons (Fsp3) is 0.227. The quantitative estimate of drug-likeness (QED) is 0.355. The summed E-state index contributed by atoms with van der Waals surface area (Å²) in [5.74, 6) is -0.0208. The Balaban J connectivity index is 1.88. The SMILES string of the molecule is COCCOC(=O)C1=C(C)N=c2sc(=Cc3ccc(Br)o3)c(=O)n2C1c1ccc(Cl)cc1. The van der Waals surface area contributed by atoms with Crippen molar-refractivity contribution in [2.24, 2.45) is 4.99 Å². The summed E-state index contributed by atoms with van der Waals surface area (Å²) in [6.07, 6.45) is 1.66. The number of halogens is 2. The summed E-state index contributed by atoms with van der Waals surface area (Å²) >= 11 is 10.6. The van der Waals surface area contributed by atoms with E-state index in [-0.39, 0.29) is 18.8 Å². The molecule has 32 heavy (non-hydrogen) atoms. The molecular formula is C22H18BrClN2O5S. The van der Waals surface area contributed by atoms with Gasteiger partial charge in [0.05, 0.1) is 28.5 Å². The predicted octanol–water partition coefficient (Wildman–Crippen LogP) is 3.43. The number of aromatic nitrogens is 1. The topological polar surface area (TPSA) is 83.0 Å². The van der Waals surface area contributed by atoms with Crippen LogP contribution in [0.4, 0.5) is 0 Å². The third-order valence-electron chi connectivity index (χ3n) is 4.82. The Hall–Kier alpha value is -2.46. The number of hydrogen-bond acceptors (Lipinski definition) is 7. The van der Waals surface area contributed by atoms with Gasteiger partial charge in [0.25, 0.3) is 5.56 Å². The fourth-order valence-corrected chi connectivity index (χ4v) is 4.85. The number of thiazole rings is 1. The van der Waals surface area contributed by atoms with E-state index in [2.05, 4.69) is 20.9 Å². The number of carbonyl (C=O) groups excluding carboxylic acids is 1. The first-order chi connectivity index (χ1) is 15.4. The molecule has 1 aliphatic rings. The maximum absolute atomic E-state index is 13.4. The molecule has 1 aromatic carbocycles. The second-order valence-electron chi connectivity index (χ2n) is 6.90. The summed E-state index contributed by atoms with van der Waals surface area (Å²) in [6.45, 7) is 2.09. The number of rotatable bonds is 6. The van der Waals surface area contributed by atoms with E-state index in [0.29, 0.717) is 36.1 Å². The molecule has 2 aromatic heterocycles. The maximum Gasteiger partial charge on any atom is 0.338 e. The summed E-state index contributed by atoms with van der Waals surface area (Å²) in [5, 5.41) is 0.550. The standard InChI is InChI=1S/C22H18BrClN2O5S/c1-12-18(21(28)30-10-9-29-2)19(13-3-5-14(24)6-4-13)26-20(27)16(32-22(26)25-12)11-15-7-8-17(23)31-15/h3-8,11,19H,9-10H2,1-2H3. The van der Waals surface area contributed by atoms with Gasteiger partial charge < -0.3 is 13.9 Å². The van der Waals surface area contributed by atoms with Crippen LogP contribution in [0.1, 0.15) is 24.3 Å². The number of benzene rings is 1. The van der Waals surface area contributed by atoms with Crippen LogP contribution < -0.4 is 14.9 Å². The molecule has 0 bridgehead atoms. The summed E-state index contributed by atoms with van der Waals surface area (Å²) < 4.78 is 18.4. The molecule has 1 aliphatic heterocycles. The molecule has 0 spiro atoms. The molecule has 4 rings (SSSR count). The minimum Gasteiger partial charge on any atom is -0.460 e. The van der Waals surface area contributed by atoms with Gasteiger partial charge >= 0.3 is 5.97 Å². The van der Waals surface area contributed by atoms with Gasteiger partial charge in [0.2, 0.25) is 0 Å². The lowest BCUT2D eigenvalue weighted by atomic mass is 9.96. The molecule has 0 N–H and O–H groups in total. The number of allylic oxidation sites excluding steroid dienone is 1. The van der Waals surface area contributed by atoms with Gasteiger partial charge in [-0.1, -0.05) is 35.1 Å². The first-order valence-corrected chi connectivity index (χ1v) is 11.6. The first-order valence-electron chi connectivity index (χ1n) is 9.58. The van der Waals surface area contributed by atoms with Crippen LogP contribution in [0, 0.1) is 0 Å². The lowest BCUT2D eigenvalue weighted by molar-refractivity contribution is -0.140. The normalized spacial score (nSPS) is 16.1. The molecule has 0 saturated carbocycles. The Labute approximate surface area is 200 Å². The Morgan fingerprint density at radius 1 is 1.28 bits per heavy atom. The molecule has 0 radical (unpaired) electrons. The van der Waals surface area contributed by atoms with Crippen LogP contribution in [0.5, 0.6) is 0 Å². The number of nitrogens with zero attached hydrogens (tertiary/aromatic N) is 2. The van der Waals surface area contributed by atoms with E-state index in [1.54, 1.807) is 49.4 Å². The Morgan fingerprint density at radius 2 is 2.03 bits per heavy atom. The van der Waals surface area contributed by atoms with E-state index in [1.165, 1.54) is 23.0 Å². The molecule has 0 saturated heterocycles. The molecule has 3 heterocycles. The highest BCUT2D eigenvalue weighted by Gasteiger charge is 2.33. The van der Waals surface area contributed by atoms with Crippen molar-refractivity contribution in [2.45, 2.75) is 13.0 Å². The largest absolute Gasteiger partial charge is 0.460 e. The van der Waals surface area contributed by atoms with Crippen LogP contribution in [0.15, 0.2) is 66.5 Å². The molecule has 7 nitrogen and oxygen atoms in total. The molecule has 0 amide bonds. The number of furan rings is 1. The van der Waals surface area contributed by atoms with Crippen molar-refractivity contribution in [3.8, 4) is 0 Å². The van der Waals surface area contributed by atoms with Crippen molar-refractivity contribution >= 4 is 50.9 Å². The zero-order valence-electron chi connectivity index (χ0n) is 17.1. The summed E-state index contributed by atoms with van der Waals surface area (Å²) in [7, 11) is 1.53. The highest BCUT2D eigenvalue weighted by molar-refractivity contribution is 9.10. The van der Waals surface area contributed by atoms with Crippen molar-refractivity contribution in [3.63, 3.8) is 0 Å². The number of esters is 1. The second kappa shape index (κ2) is 9.58. The lowest BCUT2D eigenvalue weighted by Gasteiger charge is -2.24. The van der Waals surface area contributed by atoms with Gasteiger partial charge in [0.1, 0.15) is 12.4 Å². The summed E-state index contributed by atoms with van der Waals surface area (Å²) in [6, 6.07) is 9.81. The van der Waals surface area contributed by atoms with Gasteiger partial charge in [0.15, 0.2) is 9.47 Å². The zero-order valence-corrected chi connectivity index (χ0v) is 20.3. The first kappa shape index (κ1) is 22.7. The third-order valence-corrected chi connectivity index (χ3v) is 6.48. The number of ether oxygens (including phenoxy) is 2. The Bertz CT molecular complexity index is 1370. The smallest absolute Gasteiger partial charge is 0.338 e. The van der Waals surface area contributed by atoms with Crippen LogP contribution in [0.25, 0.3) is 6.08 Å². The molecular weight excluding hydrogens is 520 g/mol. The maximum atomic E-state index is 13.4. The van der Waals surface area contributed by atoms with Gasteiger partial charge in [0, 0.05) is 18.2 Å². The summed E-state index contributed by atoms with van der Waals surface area (Å²) in [4.78, 5) is 31.4. The average molecular weight is 538 g/mol. The van der Waals surface area contributed by atoms with Crippen LogP contribution in [0.2, 0.25) is 5.02 Å². The van der Waals surface area contributed by atoms with E-state index in [4.69, 9.17) is 25.5 Å². The van der Waals surface area contributed by atoms with E-state index in [1.807, 2.05) is 0 Å². The molecule has 166 valence electrons. The third kappa shape index (κ3) is 4.52. The highest BCUT2D eigenvalue weighted by Crippen LogP contribution is 2.31. The van der Waals surface area contributed by atoms with Gasteiger partial charge in [-0.25, -0.2) is 9.79 Å². The van der Waals surface area contributed by atoms with Crippen molar-refractivity contribution < 1.29 is 18.7 Å². The van der Waals surface area contributed by atoms with Crippen molar-refractivity contribution in [3.05, 3.63) is 88.4 Å². The van der Waals surface area contributed by atoms with E-state index in [0.717, 1.165) is 5.56 Å². The Morgan fingerprint density at radius 3 is 2.69 bits per heavy atom. The molecule has 0 aliphatic carbocycles. The average Bonchev–Trinajstić information content (AvgIpc) is 3.30. The van der Waals surface area contributed by atoms with Crippen LogP contribution in [-0.2, 0) is 14.3 Å². The second-order valence-corrected chi connectivity index (χ2v) is 9.13. The summed E-state index contributed by atoms with van der Waals surface area (Å²) in [5.41, 5.74) is 1.22. The minimum atomic E-state index is -0.705. The van der Waals surface area contributed by atoms with E-state index < -0.39 is 12.0 Å². The number of methoxy groups -OCH3 is 1. The zero-order chi connectivity index (χ0) is 22.8. The van der Waals surface area contributed by atoms with E-state index in [9.17, 15) is 9.59 Å². The molecule has 0 fully saturated rings. The molecule has 1 atom stereocenters. The lowest BCUT2D eigenvalue weighted by Crippen LogP contribution is -2.40. The van der Waals surface area contributed by atoms with Crippen molar-refractivity contribution in [1.29, 1.82) is 0 Å². The van der Waals surface area contributed by atoms with Crippen LogP contribution in [-0.4, -0.2) is 30.9 Å². The van der Waals surface area contributed by atoms with E-state index >= 15 is 0 Å². The fourth-order valence-electron chi connectivity index (χ4n) is 3.37. The van der Waals surface area contributed by atoms with Crippen molar-refractivity contribution in [2.75, 3.05) is 20.3 Å². The predicted molar refractivity (Wildman–Crippen MR) is 124 cm³/mol. The van der Waals surface area contributed by atoms with Gasteiger partial charge in [-0.05, 0) is 52.7 Å². The molecule has 10 heteroatoms. The number of fused-ring (bicyclic) bond motifs is 1. The molecule has 1 unspecified atom stereocenters. The van der Waals surface area contributed by atoms with Gasteiger partial charge in [-0.2, -0.15) is 0 Å². The molecule has 3 aromatic rings. The monoisotopic (exact) mass is 536 g/mol. The number of hydrogen-bond donors (Lipinski definition) is 0.